The summed E-state index contributed by atoms with van der Waals surface area (Å²) in [6, 6.07) is 6.52. The number of hydrogen-bond acceptors (Lipinski definition) is 4. The Hall–Kier alpha value is -2.97. The van der Waals surface area contributed by atoms with E-state index >= 15 is 0 Å². The highest BCUT2D eigenvalue weighted by Crippen LogP contribution is 2.25. The van der Waals surface area contributed by atoms with Crippen molar-refractivity contribution < 1.29 is 13.6 Å². The Morgan fingerprint density at radius 1 is 1.27 bits per heavy atom. The van der Waals surface area contributed by atoms with Crippen molar-refractivity contribution in [3.05, 3.63) is 41.9 Å². The first-order chi connectivity index (χ1) is 10.5. The van der Waals surface area contributed by atoms with Gasteiger partial charge in [-0.05, 0) is 24.3 Å². The number of carbonyl (C=O) groups excluding carboxylic acids is 1. The maximum Gasteiger partial charge on any atom is 0.284 e. The van der Waals surface area contributed by atoms with Crippen LogP contribution in [0.15, 0.2) is 30.5 Å². The Labute approximate surface area is 123 Å². The van der Waals surface area contributed by atoms with Crippen LogP contribution in [0.4, 0.5) is 20.3 Å². The predicted octanol–water partition coefficient (Wildman–Crippen LogP) is 1.84. The minimum atomic E-state index is -2.78. The van der Waals surface area contributed by atoms with Crippen molar-refractivity contribution in [1.82, 2.24) is 19.4 Å². The molecule has 0 aromatic carbocycles. The highest BCUT2D eigenvalue weighted by Gasteiger charge is 2.21. The Balaban J connectivity index is 1.95. The van der Waals surface area contributed by atoms with E-state index in [1.807, 2.05) is 0 Å². The molecule has 3 aromatic rings. The molecule has 114 valence electrons. The lowest BCUT2D eigenvalue weighted by molar-refractivity contribution is 0.101. The van der Waals surface area contributed by atoms with Gasteiger partial charge in [0.05, 0.1) is 11.2 Å². The fraction of sp³-hybridized carbons (Fsp3) is 0.154. The van der Waals surface area contributed by atoms with E-state index in [1.165, 1.54) is 28.5 Å². The Kier molecular flexibility index (Phi) is 3.24. The summed E-state index contributed by atoms with van der Waals surface area (Å²) >= 11 is 0. The third-order valence-corrected chi connectivity index (χ3v) is 3.07. The summed E-state index contributed by atoms with van der Waals surface area (Å²) in [6.45, 7) is 0. The van der Waals surface area contributed by atoms with Crippen molar-refractivity contribution in [2.75, 3.05) is 11.1 Å². The number of anilines is 2. The predicted molar refractivity (Wildman–Crippen MR) is 75.7 cm³/mol. The molecule has 3 aromatic heterocycles. The number of nitrogens with zero attached hydrogens (tertiary/aromatic N) is 4. The second kappa shape index (κ2) is 5.10. The zero-order valence-electron chi connectivity index (χ0n) is 11.5. The molecule has 3 N–H and O–H groups in total. The molecule has 0 saturated carbocycles. The molecule has 3 rings (SSSR count). The zero-order chi connectivity index (χ0) is 15.9. The minimum Gasteiger partial charge on any atom is -0.382 e. The van der Waals surface area contributed by atoms with Crippen LogP contribution in [0.25, 0.3) is 5.52 Å². The summed E-state index contributed by atoms with van der Waals surface area (Å²) in [5.74, 6) is -0.333. The molecular formula is C13H12F2N6O. The fourth-order valence-corrected chi connectivity index (χ4v) is 2.12. The van der Waals surface area contributed by atoms with Gasteiger partial charge in [0, 0.05) is 13.2 Å². The second-order valence-electron chi connectivity index (χ2n) is 4.67. The SMILES string of the molecule is Cn1cc(NC(=O)c2ccc3ccc(N)nn23)c(C(F)F)n1. The number of aryl methyl sites for hydroxylation is 1. The highest BCUT2D eigenvalue weighted by atomic mass is 19.3. The van der Waals surface area contributed by atoms with E-state index in [0.717, 1.165) is 0 Å². The molecule has 0 saturated heterocycles. The number of halogens is 2. The standard InChI is InChI=1S/C13H12F2N6O/c1-20-6-8(11(19-20)12(14)15)17-13(22)9-4-2-7-3-5-10(16)18-21(7)9/h2-6,12H,1H3,(H2,16,18)(H,17,22). The Morgan fingerprint density at radius 2 is 2.00 bits per heavy atom. The van der Waals surface area contributed by atoms with Gasteiger partial charge in [-0.15, -0.1) is 0 Å². The van der Waals surface area contributed by atoms with Gasteiger partial charge in [0.1, 0.15) is 11.5 Å². The minimum absolute atomic E-state index is 0.0404. The summed E-state index contributed by atoms with van der Waals surface area (Å²) in [5, 5.41) is 10.1. The third kappa shape index (κ3) is 2.36. The van der Waals surface area contributed by atoms with Crippen LogP contribution in [0.1, 0.15) is 22.6 Å². The molecule has 22 heavy (non-hydrogen) atoms. The first-order valence-corrected chi connectivity index (χ1v) is 6.33. The number of nitrogen functional groups attached to an aromatic ring is 1. The molecule has 0 aliphatic rings. The number of carbonyl (C=O) groups is 1. The summed E-state index contributed by atoms with van der Waals surface area (Å²) < 4.78 is 28.3. The van der Waals surface area contributed by atoms with Crippen molar-refractivity contribution in [2.24, 2.45) is 7.05 Å². The van der Waals surface area contributed by atoms with Crippen molar-refractivity contribution in [3.63, 3.8) is 0 Å². The van der Waals surface area contributed by atoms with Gasteiger partial charge >= 0.3 is 0 Å². The van der Waals surface area contributed by atoms with E-state index in [2.05, 4.69) is 15.5 Å². The van der Waals surface area contributed by atoms with E-state index in [4.69, 9.17) is 5.73 Å². The van der Waals surface area contributed by atoms with Gasteiger partial charge in [-0.2, -0.15) is 10.2 Å². The Morgan fingerprint density at radius 3 is 2.73 bits per heavy atom. The van der Waals surface area contributed by atoms with E-state index < -0.39 is 18.0 Å². The van der Waals surface area contributed by atoms with E-state index in [9.17, 15) is 13.6 Å². The smallest absolute Gasteiger partial charge is 0.284 e. The molecule has 0 unspecified atom stereocenters. The number of hydrogen-bond donors (Lipinski definition) is 2. The summed E-state index contributed by atoms with van der Waals surface area (Å²) in [6.07, 6.45) is -1.47. The molecule has 0 aliphatic carbocycles. The maximum absolute atomic E-state index is 12.9. The van der Waals surface area contributed by atoms with Crippen LogP contribution in [0.2, 0.25) is 0 Å². The van der Waals surface area contributed by atoms with Crippen molar-refractivity contribution in [1.29, 1.82) is 0 Å². The molecule has 3 heterocycles. The first kappa shape index (κ1) is 14.0. The van der Waals surface area contributed by atoms with Crippen LogP contribution in [0.3, 0.4) is 0 Å². The average Bonchev–Trinajstić information content (AvgIpc) is 3.01. The normalized spacial score (nSPS) is 11.3. The van der Waals surface area contributed by atoms with Crippen molar-refractivity contribution >= 4 is 22.9 Å². The van der Waals surface area contributed by atoms with Crippen LogP contribution in [-0.4, -0.2) is 25.3 Å². The Bertz CT molecular complexity index is 853. The summed E-state index contributed by atoms with van der Waals surface area (Å²) in [7, 11) is 1.50. The lowest BCUT2D eigenvalue weighted by atomic mass is 10.3. The van der Waals surface area contributed by atoms with Gasteiger partial charge in [-0.25, -0.2) is 13.3 Å². The third-order valence-electron chi connectivity index (χ3n) is 3.07. The summed E-state index contributed by atoms with van der Waals surface area (Å²) in [5.41, 5.74) is 5.93. The molecule has 0 fully saturated rings. The molecule has 7 nitrogen and oxygen atoms in total. The number of amides is 1. The molecule has 0 bridgehead atoms. The topological polar surface area (TPSA) is 90.2 Å². The molecule has 0 aliphatic heterocycles. The molecule has 0 spiro atoms. The maximum atomic E-state index is 12.9. The number of fused-ring (bicyclic) bond motifs is 1. The van der Waals surface area contributed by atoms with Crippen LogP contribution in [-0.2, 0) is 7.05 Å². The largest absolute Gasteiger partial charge is 0.382 e. The van der Waals surface area contributed by atoms with E-state index in [-0.39, 0.29) is 17.2 Å². The van der Waals surface area contributed by atoms with Crippen LogP contribution >= 0.6 is 0 Å². The first-order valence-electron chi connectivity index (χ1n) is 6.33. The van der Waals surface area contributed by atoms with E-state index in [1.54, 1.807) is 18.2 Å². The van der Waals surface area contributed by atoms with Crippen molar-refractivity contribution in [2.45, 2.75) is 6.43 Å². The zero-order valence-corrected chi connectivity index (χ0v) is 11.5. The van der Waals surface area contributed by atoms with Gasteiger partial charge < -0.3 is 11.1 Å². The fourth-order valence-electron chi connectivity index (χ4n) is 2.12. The van der Waals surface area contributed by atoms with Gasteiger partial charge in [0.25, 0.3) is 12.3 Å². The lowest BCUT2D eigenvalue weighted by Gasteiger charge is -2.05. The number of rotatable bonds is 3. The monoisotopic (exact) mass is 306 g/mol. The molecule has 9 heteroatoms. The average molecular weight is 306 g/mol. The molecule has 1 amide bonds. The van der Waals surface area contributed by atoms with Crippen LogP contribution in [0.5, 0.6) is 0 Å². The van der Waals surface area contributed by atoms with Crippen LogP contribution < -0.4 is 11.1 Å². The van der Waals surface area contributed by atoms with Crippen LogP contribution in [0, 0.1) is 0 Å². The number of aromatic nitrogens is 4. The highest BCUT2D eigenvalue weighted by molar-refractivity contribution is 6.04. The van der Waals surface area contributed by atoms with Gasteiger partial charge in [0.15, 0.2) is 5.69 Å². The van der Waals surface area contributed by atoms with Gasteiger partial charge in [0.2, 0.25) is 0 Å². The second-order valence-corrected chi connectivity index (χ2v) is 4.67. The van der Waals surface area contributed by atoms with Crippen molar-refractivity contribution in [3.8, 4) is 0 Å². The number of nitrogens with one attached hydrogen (secondary N) is 1. The van der Waals surface area contributed by atoms with E-state index in [0.29, 0.717) is 5.52 Å². The number of alkyl halides is 2. The van der Waals surface area contributed by atoms with Gasteiger partial charge in [-0.3, -0.25) is 9.48 Å². The molecule has 0 radical (unpaired) electrons. The number of nitrogens with two attached hydrogens (primary N) is 1. The quantitative estimate of drug-likeness (QED) is 0.772. The lowest BCUT2D eigenvalue weighted by Crippen LogP contribution is -2.16. The molecular weight excluding hydrogens is 294 g/mol. The molecule has 0 atom stereocenters. The van der Waals surface area contributed by atoms with Gasteiger partial charge in [-0.1, -0.05) is 0 Å². The summed E-state index contributed by atoms with van der Waals surface area (Å²) in [4.78, 5) is 12.3.